The van der Waals surface area contributed by atoms with Gasteiger partial charge in [-0.2, -0.15) is 0 Å². The zero-order valence-electron chi connectivity index (χ0n) is 7.88. The Balaban J connectivity index is 0. The van der Waals surface area contributed by atoms with Crippen molar-refractivity contribution in [2.24, 2.45) is 0 Å². The molecule has 0 spiro atoms. The molecule has 1 fully saturated rings. The van der Waals surface area contributed by atoms with E-state index in [9.17, 15) is 0 Å². The van der Waals surface area contributed by atoms with Crippen LogP contribution in [0.3, 0.4) is 0 Å². The van der Waals surface area contributed by atoms with E-state index in [2.05, 4.69) is 24.3 Å². The van der Waals surface area contributed by atoms with Crippen molar-refractivity contribution in [3.8, 4) is 0 Å². The van der Waals surface area contributed by atoms with Crippen LogP contribution in [0.25, 0.3) is 0 Å². The molecule has 1 atom stereocenters. The van der Waals surface area contributed by atoms with Gasteiger partial charge in [0.25, 0.3) is 0 Å². The lowest BCUT2D eigenvalue weighted by molar-refractivity contribution is 0.371. The van der Waals surface area contributed by atoms with Gasteiger partial charge in [-0.05, 0) is 46.4 Å². The number of rotatable bonds is 3. The maximum atomic E-state index is 3.49. The van der Waals surface area contributed by atoms with Crippen molar-refractivity contribution in [1.82, 2.24) is 10.2 Å². The fraction of sp³-hybridized carbons (Fsp3) is 1.00. The lowest BCUT2D eigenvalue weighted by Crippen LogP contribution is -2.26. The van der Waals surface area contributed by atoms with Crippen LogP contribution in [0, 0.1) is 0 Å². The molecule has 2 nitrogen and oxygen atoms in total. The van der Waals surface area contributed by atoms with Gasteiger partial charge in [-0.1, -0.05) is 0 Å². The molecule has 0 aromatic rings. The molecule has 4 heteroatoms. The Labute approximate surface area is 87.9 Å². The summed E-state index contributed by atoms with van der Waals surface area (Å²) in [6.07, 6.45) is 4.07. The fourth-order valence-corrected chi connectivity index (χ4v) is 1.42. The molecule has 0 aliphatic carbocycles. The molecule has 1 N–H and O–H groups in total. The van der Waals surface area contributed by atoms with Crippen molar-refractivity contribution in [2.75, 3.05) is 27.2 Å². The number of nitrogens with one attached hydrogen (secondary N) is 1. The summed E-state index contributed by atoms with van der Waals surface area (Å²) in [5, 5.41) is 3.49. The second kappa shape index (κ2) is 8.11. The summed E-state index contributed by atoms with van der Waals surface area (Å²) in [6, 6.07) is 0.808. The molecule has 76 valence electrons. The highest BCUT2D eigenvalue weighted by molar-refractivity contribution is 5.85. The Hall–Kier alpha value is 0.500. The van der Waals surface area contributed by atoms with Gasteiger partial charge in [0.1, 0.15) is 0 Å². The largest absolute Gasteiger partial charge is 0.314 e. The Morgan fingerprint density at radius 3 is 2.42 bits per heavy atom. The Kier molecular flexibility index (Phi) is 10.1. The zero-order valence-corrected chi connectivity index (χ0v) is 9.51. The molecule has 12 heavy (non-hydrogen) atoms. The lowest BCUT2D eigenvalue weighted by atomic mass is 10.1. The van der Waals surface area contributed by atoms with E-state index in [0.717, 1.165) is 6.04 Å². The van der Waals surface area contributed by atoms with E-state index in [0.29, 0.717) is 0 Å². The monoisotopic (exact) mass is 214 g/mol. The maximum absolute atomic E-state index is 3.49. The molecule has 0 aromatic carbocycles. The summed E-state index contributed by atoms with van der Waals surface area (Å²) in [5.41, 5.74) is 0. The second-order valence-electron chi connectivity index (χ2n) is 3.39. The summed E-state index contributed by atoms with van der Waals surface area (Å²) in [5.74, 6) is 0. The molecule has 0 amide bonds. The van der Waals surface area contributed by atoms with Gasteiger partial charge in [0.15, 0.2) is 0 Å². The average molecular weight is 215 g/mol. The number of halogens is 2. The highest BCUT2D eigenvalue weighted by Gasteiger charge is 2.12. The highest BCUT2D eigenvalue weighted by atomic mass is 35.5. The van der Waals surface area contributed by atoms with Crippen LogP contribution < -0.4 is 5.32 Å². The molecule has 0 bridgehead atoms. The molecule has 1 saturated heterocycles. The van der Waals surface area contributed by atoms with Crippen LogP contribution in [-0.4, -0.2) is 38.1 Å². The molecule has 0 radical (unpaired) electrons. The predicted molar refractivity (Wildman–Crippen MR) is 58.7 cm³/mol. The Morgan fingerprint density at radius 1 is 1.33 bits per heavy atom. The van der Waals surface area contributed by atoms with Gasteiger partial charge in [0.2, 0.25) is 0 Å². The molecule has 1 heterocycles. The minimum Gasteiger partial charge on any atom is -0.314 e. The van der Waals surface area contributed by atoms with E-state index in [1.165, 1.54) is 32.4 Å². The maximum Gasteiger partial charge on any atom is 0.00797 e. The molecular weight excluding hydrogens is 195 g/mol. The lowest BCUT2D eigenvalue weighted by Gasteiger charge is -2.13. The third-order valence-corrected chi connectivity index (χ3v) is 2.09. The summed E-state index contributed by atoms with van der Waals surface area (Å²) < 4.78 is 0. The summed E-state index contributed by atoms with van der Waals surface area (Å²) in [7, 11) is 4.27. The fourth-order valence-electron chi connectivity index (χ4n) is 1.42. The van der Waals surface area contributed by atoms with Gasteiger partial charge in [-0.15, -0.1) is 24.8 Å². The van der Waals surface area contributed by atoms with Crippen molar-refractivity contribution < 1.29 is 0 Å². The third kappa shape index (κ3) is 6.06. The molecule has 1 aliphatic heterocycles. The van der Waals surface area contributed by atoms with Crippen LogP contribution in [0.4, 0.5) is 0 Å². The van der Waals surface area contributed by atoms with Crippen molar-refractivity contribution in [2.45, 2.75) is 25.3 Å². The molecule has 1 rings (SSSR count). The van der Waals surface area contributed by atoms with Crippen molar-refractivity contribution >= 4 is 24.8 Å². The van der Waals surface area contributed by atoms with Gasteiger partial charge < -0.3 is 10.2 Å². The normalized spacial score (nSPS) is 21.8. The van der Waals surface area contributed by atoms with Crippen LogP contribution >= 0.6 is 24.8 Å². The van der Waals surface area contributed by atoms with Crippen LogP contribution in [0.2, 0.25) is 0 Å². The van der Waals surface area contributed by atoms with E-state index in [4.69, 9.17) is 0 Å². The van der Waals surface area contributed by atoms with E-state index in [1.807, 2.05) is 0 Å². The molecule has 1 aliphatic rings. The number of hydrogen-bond donors (Lipinski definition) is 1. The minimum absolute atomic E-state index is 0. The summed E-state index contributed by atoms with van der Waals surface area (Å²) in [6.45, 7) is 2.45. The van der Waals surface area contributed by atoms with Gasteiger partial charge in [0, 0.05) is 6.04 Å². The Bertz CT molecular complexity index is 93.1. The SMILES string of the molecule is CN(C)CC[C@H]1CCCN1.Cl.Cl. The predicted octanol–water partition coefficient (Wildman–Crippen LogP) is 1.53. The number of hydrogen-bond acceptors (Lipinski definition) is 2. The topological polar surface area (TPSA) is 15.3 Å². The van der Waals surface area contributed by atoms with E-state index in [1.54, 1.807) is 0 Å². The zero-order chi connectivity index (χ0) is 7.40. The van der Waals surface area contributed by atoms with Crippen LogP contribution in [0.15, 0.2) is 0 Å². The first-order chi connectivity index (χ1) is 4.79. The van der Waals surface area contributed by atoms with Gasteiger partial charge in [0.05, 0.1) is 0 Å². The molecule has 0 saturated carbocycles. The van der Waals surface area contributed by atoms with Crippen LogP contribution in [-0.2, 0) is 0 Å². The quantitative estimate of drug-likeness (QED) is 0.768. The van der Waals surface area contributed by atoms with E-state index in [-0.39, 0.29) is 24.8 Å². The van der Waals surface area contributed by atoms with E-state index >= 15 is 0 Å². The smallest absolute Gasteiger partial charge is 0.00797 e. The van der Waals surface area contributed by atoms with Crippen molar-refractivity contribution in [3.63, 3.8) is 0 Å². The van der Waals surface area contributed by atoms with Crippen molar-refractivity contribution in [3.05, 3.63) is 0 Å². The first kappa shape index (κ1) is 15.0. The Morgan fingerprint density at radius 2 is 2.00 bits per heavy atom. The standard InChI is InChI=1S/C8H18N2.2ClH/c1-10(2)7-5-8-4-3-6-9-8;;/h8-9H,3-7H2,1-2H3;2*1H/t8-;;/m1../s1. The third-order valence-electron chi connectivity index (χ3n) is 2.09. The second-order valence-corrected chi connectivity index (χ2v) is 3.39. The van der Waals surface area contributed by atoms with Crippen LogP contribution in [0.5, 0.6) is 0 Å². The van der Waals surface area contributed by atoms with Gasteiger partial charge in [-0.3, -0.25) is 0 Å². The first-order valence-corrected chi connectivity index (χ1v) is 4.17. The average Bonchev–Trinajstić information content (AvgIpc) is 2.34. The molecule has 0 aromatic heterocycles. The molecular formula is C8H20Cl2N2. The van der Waals surface area contributed by atoms with Gasteiger partial charge >= 0.3 is 0 Å². The van der Waals surface area contributed by atoms with E-state index < -0.39 is 0 Å². The summed E-state index contributed by atoms with van der Waals surface area (Å²) in [4.78, 5) is 2.25. The molecule has 0 unspecified atom stereocenters. The highest BCUT2D eigenvalue weighted by Crippen LogP contribution is 2.08. The van der Waals surface area contributed by atoms with Crippen LogP contribution in [0.1, 0.15) is 19.3 Å². The first-order valence-electron chi connectivity index (χ1n) is 4.17. The minimum atomic E-state index is 0. The van der Waals surface area contributed by atoms with Gasteiger partial charge in [-0.25, -0.2) is 0 Å². The van der Waals surface area contributed by atoms with Crippen molar-refractivity contribution in [1.29, 1.82) is 0 Å². The number of nitrogens with zero attached hydrogens (tertiary/aromatic N) is 1. The summed E-state index contributed by atoms with van der Waals surface area (Å²) >= 11 is 0.